The normalized spacial score (nSPS) is 19.2. The Morgan fingerprint density at radius 2 is 2.25 bits per heavy atom. The van der Waals surface area contributed by atoms with Crippen LogP contribution in [-0.2, 0) is 0 Å². The summed E-state index contributed by atoms with van der Waals surface area (Å²) in [4.78, 5) is 5.93. The van der Waals surface area contributed by atoms with Crippen LogP contribution in [0.2, 0.25) is 0 Å². The second kappa shape index (κ2) is 6.83. The third-order valence-electron chi connectivity index (χ3n) is 3.61. The highest BCUT2D eigenvalue weighted by Crippen LogP contribution is 2.27. The van der Waals surface area contributed by atoms with Gasteiger partial charge in [0.2, 0.25) is 0 Å². The highest BCUT2D eigenvalue weighted by molar-refractivity contribution is 5.49. The number of hydrogen-bond donors (Lipinski definition) is 2. The Morgan fingerprint density at radius 3 is 2.95 bits per heavy atom. The maximum absolute atomic E-state index is 13.9. The zero-order valence-corrected chi connectivity index (χ0v) is 11.7. The van der Waals surface area contributed by atoms with E-state index < -0.39 is 11.6 Å². The quantitative estimate of drug-likeness (QED) is 0.872. The molecular formula is C14H21F2N3O. The second-order valence-corrected chi connectivity index (χ2v) is 5.12. The van der Waals surface area contributed by atoms with Crippen molar-refractivity contribution < 1.29 is 13.9 Å². The van der Waals surface area contributed by atoms with Crippen molar-refractivity contribution in [2.24, 2.45) is 5.92 Å². The average molecular weight is 285 g/mol. The van der Waals surface area contributed by atoms with Crippen molar-refractivity contribution in [3.63, 3.8) is 0 Å². The van der Waals surface area contributed by atoms with Crippen LogP contribution in [0, 0.1) is 17.6 Å². The SMILES string of the molecule is CCNc1nc(N2CCCC(CCO)C2)c(F)cc1F. The van der Waals surface area contributed by atoms with Gasteiger partial charge in [-0.3, -0.25) is 0 Å². The third-order valence-corrected chi connectivity index (χ3v) is 3.61. The first kappa shape index (κ1) is 15.0. The molecule has 20 heavy (non-hydrogen) atoms. The van der Waals surface area contributed by atoms with Crippen LogP contribution in [-0.4, -0.2) is 36.3 Å². The molecule has 1 atom stereocenters. The summed E-state index contributed by atoms with van der Waals surface area (Å²) >= 11 is 0. The van der Waals surface area contributed by atoms with Gasteiger partial charge in [0.15, 0.2) is 23.3 Å². The molecule has 0 saturated carbocycles. The van der Waals surface area contributed by atoms with Crippen LogP contribution < -0.4 is 10.2 Å². The first-order valence-electron chi connectivity index (χ1n) is 7.11. The van der Waals surface area contributed by atoms with E-state index in [0.717, 1.165) is 18.9 Å². The molecule has 2 heterocycles. The van der Waals surface area contributed by atoms with Gasteiger partial charge in [-0.15, -0.1) is 0 Å². The molecule has 1 fully saturated rings. The number of pyridine rings is 1. The molecule has 112 valence electrons. The molecule has 0 amide bonds. The fourth-order valence-electron chi connectivity index (χ4n) is 2.65. The molecule has 1 aromatic heterocycles. The zero-order chi connectivity index (χ0) is 14.5. The lowest BCUT2D eigenvalue weighted by Gasteiger charge is -2.33. The molecular weight excluding hydrogens is 264 g/mol. The molecule has 0 radical (unpaired) electrons. The second-order valence-electron chi connectivity index (χ2n) is 5.12. The molecule has 1 aliphatic rings. The molecule has 4 nitrogen and oxygen atoms in total. The number of halogens is 2. The lowest BCUT2D eigenvalue weighted by Crippen LogP contribution is -2.37. The lowest BCUT2D eigenvalue weighted by atomic mass is 9.95. The number of anilines is 2. The molecule has 1 aromatic rings. The predicted octanol–water partition coefficient (Wildman–Crippen LogP) is 2.39. The van der Waals surface area contributed by atoms with E-state index in [0.29, 0.717) is 32.0 Å². The van der Waals surface area contributed by atoms with Crippen molar-refractivity contribution in [3.8, 4) is 0 Å². The molecule has 6 heteroatoms. The molecule has 0 bridgehead atoms. The van der Waals surface area contributed by atoms with Gasteiger partial charge in [-0.2, -0.15) is 0 Å². The first-order chi connectivity index (χ1) is 9.65. The van der Waals surface area contributed by atoms with E-state index in [2.05, 4.69) is 10.3 Å². The van der Waals surface area contributed by atoms with Gasteiger partial charge in [-0.05, 0) is 32.1 Å². The van der Waals surface area contributed by atoms with Crippen LogP contribution in [0.3, 0.4) is 0 Å². The Bertz CT molecular complexity index is 454. The van der Waals surface area contributed by atoms with Crippen LogP contribution in [0.25, 0.3) is 0 Å². The lowest BCUT2D eigenvalue weighted by molar-refractivity contribution is 0.244. The van der Waals surface area contributed by atoms with E-state index in [1.165, 1.54) is 0 Å². The zero-order valence-electron chi connectivity index (χ0n) is 11.7. The number of nitrogens with zero attached hydrogens (tertiary/aromatic N) is 2. The summed E-state index contributed by atoms with van der Waals surface area (Å²) in [6.45, 7) is 3.87. The van der Waals surface area contributed by atoms with Crippen LogP contribution in [0.1, 0.15) is 26.2 Å². The van der Waals surface area contributed by atoms with Crippen molar-refractivity contribution in [3.05, 3.63) is 17.7 Å². The number of aliphatic hydroxyl groups excluding tert-OH is 1. The fourth-order valence-corrected chi connectivity index (χ4v) is 2.65. The van der Waals surface area contributed by atoms with Crippen molar-refractivity contribution >= 4 is 11.6 Å². The monoisotopic (exact) mass is 285 g/mol. The molecule has 0 aliphatic carbocycles. The van der Waals surface area contributed by atoms with E-state index in [1.54, 1.807) is 0 Å². The van der Waals surface area contributed by atoms with Crippen molar-refractivity contribution in [2.45, 2.75) is 26.2 Å². The van der Waals surface area contributed by atoms with E-state index in [9.17, 15) is 8.78 Å². The molecule has 2 rings (SSSR count). The number of nitrogens with one attached hydrogen (secondary N) is 1. The molecule has 1 aliphatic heterocycles. The number of aliphatic hydroxyl groups is 1. The third kappa shape index (κ3) is 3.36. The topological polar surface area (TPSA) is 48.4 Å². The Balaban J connectivity index is 2.20. The number of hydrogen-bond acceptors (Lipinski definition) is 4. The minimum absolute atomic E-state index is 0.0909. The largest absolute Gasteiger partial charge is 0.396 e. The maximum atomic E-state index is 13.9. The van der Waals surface area contributed by atoms with E-state index in [1.807, 2.05) is 11.8 Å². The Labute approximate surface area is 117 Å². The molecule has 1 saturated heterocycles. The van der Waals surface area contributed by atoms with E-state index >= 15 is 0 Å². The fraction of sp³-hybridized carbons (Fsp3) is 0.643. The van der Waals surface area contributed by atoms with Crippen LogP contribution >= 0.6 is 0 Å². The Kier molecular flexibility index (Phi) is 5.11. The van der Waals surface area contributed by atoms with Gasteiger partial charge in [-0.1, -0.05) is 0 Å². The Hall–Kier alpha value is -1.43. The highest BCUT2D eigenvalue weighted by atomic mass is 19.1. The van der Waals surface area contributed by atoms with Gasteiger partial charge >= 0.3 is 0 Å². The van der Waals surface area contributed by atoms with Crippen LogP contribution in [0.15, 0.2) is 6.07 Å². The first-order valence-corrected chi connectivity index (χ1v) is 7.11. The summed E-state index contributed by atoms with van der Waals surface area (Å²) < 4.78 is 27.5. The van der Waals surface area contributed by atoms with Gasteiger partial charge in [-0.25, -0.2) is 13.8 Å². The number of aromatic nitrogens is 1. The summed E-state index contributed by atoms with van der Waals surface area (Å²) in [5.74, 6) is -0.674. The Morgan fingerprint density at radius 1 is 1.45 bits per heavy atom. The standard InChI is InChI=1S/C14H21F2N3O/c1-2-17-13-11(15)8-12(16)14(18-13)19-6-3-4-10(9-19)5-7-20/h8,10,20H,2-7,9H2,1H3,(H,17,18). The number of piperidine rings is 1. The summed E-state index contributed by atoms with van der Waals surface area (Å²) in [5.41, 5.74) is 0. The predicted molar refractivity (Wildman–Crippen MR) is 75.0 cm³/mol. The molecule has 0 aromatic carbocycles. The summed E-state index contributed by atoms with van der Waals surface area (Å²) in [5, 5.41) is 11.8. The van der Waals surface area contributed by atoms with Crippen LogP contribution in [0.5, 0.6) is 0 Å². The van der Waals surface area contributed by atoms with Gasteiger partial charge < -0.3 is 15.3 Å². The average Bonchev–Trinajstić information content (AvgIpc) is 2.43. The molecule has 1 unspecified atom stereocenters. The highest BCUT2D eigenvalue weighted by Gasteiger charge is 2.24. The minimum atomic E-state index is -0.669. The smallest absolute Gasteiger partial charge is 0.168 e. The van der Waals surface area contributed by atoms with Gasteiger partial charge in [0, 0.05) is 32.3 Å². The summed E-state index contributed by atoms with van der Waals surface area (Å²) in [7, 11) is 0. The van der Waals surface area contributed by atoms with Gasteiger partial charge in [0.1, 0.15) is 0 Å². The summed E-state index contributed by atoms with van der Waals surface area (Å²) in [6.07, 6.45) is 2.67. The number of rotatable bonds is 5. The van der Waals surface area contributed by atoms with Crippen molar-refractivity contribution in [1.29, 1.82) is 0 Å². The molecule has 0 spiro atoms. The van der Waals surface area contributed by atoms with Crippen LogP contribution in [0.4, 0.5) is 20.4 Å². The van der Waals surface area contributed by atoms with E-state index in [4.69, 9.17) is 5.11 Å². The maximum Gasteiger partial charge on any atom is 0.168 e. The summed E-state index contributed by atoms with van der Waals surface area (Å²) in [6, 6.07) is 0.885. The van der Waals surface area contributed by atoms with Gasteiger partial charge in [0.05, 0.1) is 0 Å². The molecule has 2 N–H and O–H groups in total. The minimum Gasteiger partial charge on any atom is -0.396 e. The van der Waals surface area contributed by atoms with Gasteiger partial charge in [0.25, 0.3) is 0 Å². The van der Waals surface area contributed by atoms with E-state index in [-0.39, 0.29) is 18.2 Å². The van der Waals surface area contributed by atoms with Crippen molar-refractivity contribution in [1.82, 2.24) is 4.98 Å². The van der Waals surface area contributed by atoms with Crippen molar-refractivity contribution in [2.75, 3.05) is 36.5 Å².